The molecule has 1 atom stereocenters. The zero-order valence-corrected chi connectivity index (χ0v) is 21.4. The molecule has 0 fully saturated rings. The fraction of sp³-hybridized carbons (Fsp3) is 0.375. The normalized spacial score (nSPS) is 13.0. The smallest absolute Gasteiger partial charge is 0.282 e. The van der Waals surface area contributed by atoms with Gasteiger partial charge in [0.15, 0.2) is 11.5 Å². The second kappa shape index (κ2) is 9.63. The molecule has 1 aromatic heterocycles. The van der Waals surface area contributed by atoms with Crippen LogP contribution in [0.25, 0.3) is 10.9 Å². The Balaban J connectivity index is 2.23. The Bertz CT molecular complexity index is 1230. The zero-order chi connectivity index (χ0) is 23.6. The van der Waals surface area contributed by atoms with E-state index in [0.717, 1.165) is 10.9 Å². The van der Waals surface area contributed by atoms with Crippen LogP contribution in [0.3, 0.4) is 0 Å². The number of benzene rings is 2. The Labute approximate surface area is 201 Å². The van der Waals surface area contributed by atoms with E-state index in [9.17, 15) is 4.79 Å². The molecular weight excluding hydrogens is 494 g/mol. The number of hydrogen-bond acceptors (Lipinski definition) is 5. The molecule has 3 aromatic rings. The molecule has 0 aliphatic heterocycles. The first kappa shape index (κ1) is 24.3. The Morgan fingerprint density at radius 2 is 2.00 bits per heavy atom. The van der Waals surface area contributed by atoms with Crippen LogP contribution in [0.5, 0.6) is 11.5 Å². The molecule has 0 saturated heterocycles. The van der Waals surface area contributed by atoms with E-state index in [0.29, 0.717) is 38.8 Å². The van der Waals surface area contributed by atoms with E-state index in [1.165, 1.54) is 4.68 Å². The van der Waals surface area contributed by atoms with Crippen LogP contribution < -0.4 is 15.0 Å². The van der Waals surface area contributed by atoms with Gasteiger partial charge in [-0.05, 0) is 37.6 Å². The maximum absolute atomic E-state index is 13.4. The van der Waals surface area contributed by atoms with E-state index in [-0.39, 0.29) is 11.7 Å². The van der Waals surface area contributed by atoms with E-state index in [1.807, 2.05) is 46.8 Å². The minimum atomic E-state index is -0.417. The number of fused-ring (bicyclic) bond motifs is 1. The Kier molecular flexibility index (Phi) is 7.30. The van der Waals surface area contributed by atoms with Crippen LogP contribution in [0.15, 0.2) is 44.7 Å². The summed E-state index contributed by atoms with van der Waals surface area (Å²) in [5.41, 5.74) is 0.561. The SMILES string of the molecule is CC[C@@H](C)Oc1c(C=Nn2c(C(C)(C)C)nc3ccc(Br)cc3c2=O)cc(Cl)cc1OC. The van der Waals surface area contributed by atoms with E-state index in [2.05, 4.69) is 21.0 Å². The molecule has 0 N–H and O–H groups in total. The van der Waals surface area contributed by atoms with Crippen molar-refractivity contribution < 1.29 is 9.47 Å². The molecular formula is C24H27BrClN3O3. The van der Waals surface area contributed by atoms with Gasteiger partial charge in [-0.1, -0.05) is 55.2 Å². The summed E-state index contributed by atoms with van der Waals surface area (Å²) < 4.78 is 13.7. The van der Waals surface area contributed by atoms with Gasteiger partial charge < -0.3 is 9.47 Å². The third-order valence-electron chi connectivity index (χ3n) is 4.95. The summed E-state index contributed by atoms with van der Waals surface area (Å²) in [6.45, 7) is 9.99. The van der Waals surface area contributed by atoms with E-state index in [4.69, 9.17) is 26.1 Å². The third-order valence-corrected chi connectivity index (χ3v) is 5.67. The third kappa shape index (κ3) is 5.15. The summed E-state index contributed by atoms with van der Waals surface area (Å²) in [7, 11) is 1.56. The van der Waals surface area contributed by atoms with Crippen molar-refractivity contribution in [2.75, 3.05) is 7.11 Å². The highest BCUT2D eigenvalue weighted by Gasteiger charge is 2.23. The van der Waals surface area contributed by atoms with Crippen molar-refractivity contribution in [1.82, 2.24) is 9.66 Å². The van der Waals surface area contributed by atoms with Crippen molar-refractivity contribution in [2.24, 2.45) is 5.10 Å². The number of halogens is 2. The minimum absolute atomic E-state index is 0.0373. The average Bonchev–Trinajstić information content (AvgIpc) is 2.73. The highest BCUT2D eigenvalue weighted by molar-refractivity contribution is 9.10. The van der Waals surface area contributed by atoms with Crippen molar-refractivity contribution in [3.8, 4) is 11.5 Å². The van der Waals surface area contributed by atoms with Gasteiger partial charge in [0.05, 0.1) is 30.3 Å². The number of methoxy groups -OCH3 is 1. The molecule has 0 spiro atoms. The number of rotatable bonds is 6. The zero-order valence-electron chi connectivity index (χ0n) is 19.1. The van der Waals surface area contributed by atoms with Crippen molar-refractivity contribution in [3.63, 3.8) is 0 Å². The van der Waals surface area contributed by atoms with Crippen LogP contribution in [0.1, 0.15) is 52.4 Å². The fourth-order valence-corrected chi connectivity index (χ4v) is 3.69. The molecule has 0 radical (unpaired) electrons. The highest BCUT2D eigenvalue weighted by atomic mass is 79.9. The van der Waals surface area contributed by atoms with Gasteiger partial charge in [-0.25, -0.2) is 4.98 Å². The number of ether oxygens (including phenoxy) is 2. The molecule has 8 heteroatoms. The monoisotopic (exact) mass is 519 g/mol. The minimum Gasteiger partial charge on any atom is -0.493 e. The van der Waals surface area contributed by atoms with Crippen molar-refractivity contribution >= 4 is 44.6 Å². The highest BCUT2D eigenvalue weighted by Crippen LogP contribution is 2.35. The second-order valence-corrected chi connectivity index (χ2v) is 9.92. The van der Waals surface area contributed by atoms with Crippen LogP contribution in [0.2, 0.25) is 5.02 Å². The standard InChI is InChI=1S/C24H27BrClN3O3/c1-7-14(2)32-21-15(10-17(26)12-20(21)31-6)13-27-29-22(30)18-11-16(25)8-9-19(18)28-23(29)24(3,4)5/h8-14H,7H2,1-6H3/t14-/m1/s1. The Morgan fingerprint density at radius 1 is 1.28 bits per heavy atom. The van der Waals surface area contributed by atoms with Crippen LogP contribution >= 0.6 is 27.5 Å². The van der Waals surface area contributed by atoms with Crippen molar-refractivity contribution in [3.05, 3.63) is 61.6 Å². The van der Waals surface area contributed by atoms with Crippen molar-refractivity contribution in [1.29, 1.82) is 0 Å². The lowest BCUT2D eigenvalue weighted by Crippen LogP contribution is -2.29. The molecule has 3 rings (SSSR count). The molecule has 0 aliphatic carbocycles. The largest absolute Gasteiger partial charge is 0.493 e. The number of aromatic nitrogens is 2. The second-order valence-electron chi connectivity index (χ2n) is 8.57. The lowest BCUT2D eigenvalue weighted by Gasteiger charge is -2.21. The van der Waals surface area contributed by atoms with Crippen molar-refractivity contribution in [2.45, 2.75) is 52.6 Å². The lowest BCUT2D eigenvalue weighted by molar-refractivity contribution is 0.207. The number of hydrogen-bond donors (Lipinski definition) is 0. The fourth-order valence-electron chi connectivity index (χ4n) is 3.11. The Hall–Kier alpha value is -2.38. The average molecular weight is 521 g/mol. The van der Waals surface area contributed by atoms with E-state index >= 15 is 0 Å². The first-order chi connectivity index (χ1) is 15.0. The van der Waals surface area contributed by atoms with Gasteiger partial charge >= 0.3 is 0 Å². The lowest BCUT2D eigenvalue weighted by atomic mass is 9.95. The molecule has 170 valence electrons. The summed E-state index contributed by atoms with van der Waals surface area (Å²) in [6, 6.07) is 8.87. The van der Waals surface area contributed by atoms with Crippen LogP contribution in [0, 0.1) is 0 Å². The molecule has 32 heavy (non-hydrogen) atoms. The van der Waals surface area contributed by atoms with Gasteiger partial charge in [-0.2, -0.15) is 9.78 Å². The summed E-state index contributed by atoms with van der Waals surface area (Å²) in [5, 5.41) is 5.49. The predicted octanol–water partition coefficient (Wildman–Crippen LogP) is 6.18. The summed E-state index contributed by atoms with van der Waals surface area (Å²) >= 11 is 9.73. The summed E-state index contributed by atoms with van der Waals surface area (Å²) in [5.74, 6) is 1.58. The quantitative estimate of drug-likeness (QED) is 0.364. The molecule has 6 nitrogen and oxygen atoms in total. The maximum Gasteiger partial charge on any atom is 0.282 e. The van der Waals surface area contributed by atoms with E-state index in [1.54, 1.807) is 31.5 Å². The predicted molar refractivity (Wildman–Crippen MR) is 134 cm³/mol. The van der Waals surface area contributed by atoms with Gasteiger partial charge in [-0.15, -0.1) is 0 Å². The van der Waals surface area contributed by atoms with Crippen LogP contribution in [-0.4, -0.2) is 29.1 Å². The van der Waals surface area contributed by atoms with Gasteiger partial charge in [0, 0.05) is 26.5 Å². The molecule has 0 aliphatic rings. The summed E-state index contributed by atoms with van der Waals surface area (Å²) in [4.78, 5) is 18.1. The molecule has 2 aromatic carbocycles. The van der Waals surface area contributed by atoms with Crippen LogP contribution in [-0.2, 0) is 5.41 Å². The topological polar surface area (TPSA) is 65.7 Å². The van der Waals surface area contributed by atoms with Gasteiger partial charge in [0.1, 0.15) is 5.82 Å². The first-order valence-electron chi connectivity index (χ1n) is 10.4. The van der Waals surface area contributed by atoms with E-state index < -0.39 is 5.41 Å². The number of nitrogens with zero attached hydrogens (tertiary/aromatic N) is 3. The molecule has 0 amide bonds. The van der Waals surface area contributed by atoms with Crippen LogP contribution in [0.4, 0.5) is 0 Å². The first-order valence-corrected chi connectivity index (χ1v) is 11.5. The molecule has 0 unspecified atom stereocenters. The van der Waals surface area contributed by atoms with Gasteiger partial charge in [0.25, 0.3) is 5.56 Å². The maximum atomic E-state index is 13.4. The molecule has 0 bridgehead atoms. The molecule has 0 saturated carbocycles. The van der Waals surface area contributed by atoms with Gasteiger partial charge in [-0.3, -0.25) is 4.79 Å². The van der Waals surface area contributed by atoms with Gasteiger partial charge in [0.2, 0.25) is 0 Å². The molecule has 1 heterocycles. The Morgan fingerprint density at radius 3 is 2.62 bits per heavy atom. The summed E-state index contributed by atoms with van der Waals surface area (Å²) in [6.07, 6.45) is 2.35.